The largest absolute Gasteiger partial charge is 0.372 e. The Morgan fingerprint density at radius 1 is 1.03 bits per heavy atom. The molecule has 3 fully saturated rings. The third-order valence-corrected chi connectivity index (χ3v) is 7.07. The molecule has 29 heavy (non-hydrogen) atoms. The fraction of sp³-hybridized carbons (Fsp3) is 0.792. The molecule has 0 unspecified atom stereocenters. The maximum Gasteiger partial charge on any atom is 0.222 e. The summed E-state index contributed by atoms with van der Waals surface area (Å²) < 4.78 is 0. The number of hydrogen-bond acceptors (Lipinski definition) is 4. The van der Waals surface area contributed by atoms with E-state index in [1.807, 2.05) is 4.90 Å². The fourth-order valence-corrected chi connectivity index (χ4v) is 5.35. The quantitative estimate of drug-likeness (QED) is 0.534. The molecule has 5 nitrogen and oxygen atoms in total. The molecular weight excluding hydrogens is 360 g/mol. The molecule has 3 aliphatic rings. The molecule has 0 spiro atoms. The second-order valence-electron chi connectivity index (χ2n) is 9.43. The Kier molecular flexibility index (Phi) is 8.31. The van der Waals surface area contributed by atoms with Crippen LogP contribution in [0.3, 0.4) is 0 Å². The van der Waals surface area contributed by atoms with Crippen LogP contribution in [0.25, 0.3) is 0 Å². The molecule has 0 atom stereocenters. The summed E-state index contributed by atoms with van der Waals surface area (Å²) in [6.45, 7) is 13.6. The van der Waals surface area contributed by atoms with Crippen molar-refractivity contribution in [1.82, 2.24) is 20.4 Å². The summed E-state index contributed by atoms with van der Waals surface area (Å²) in [6.07, 6.45) is 14.5. The Morgan fingerprint density at radius 2 is 1.72 bits per heavy atom. The number of nitrogens with one attached hydrogen (secondary N) is 2. The highest BCUT2D eigenvalue weighted by molar-refractivity contribution is 5.77. The Labute approximate surface area is 178 Å². The summed E-state index contributed by atoms with van der Waals surface area (Å²) in [5.74, 6) is 3.01. The van der Waals surface area contributed by atoms with Crippen LogP contribution in [-0.2, 0) is 4.79 Å². The van der Waals surface area contributed by atoms with E-state index in [0.29, 0.717) is 18.0 Å². The van der Waals surface area contributed by atoms with Crippen molar-refractivity contribution >= 4 is 5.91 Å². The van der Waals surface area contributed by atoms with Crippen LogP contribution in [0.2, 0.25) is 0 Å². The summed E-state index contributed by atoms with van der Waals surface area (Å²) in [5, 5.41) is 6.86. The first kappa shape index (κ1) is 22.0. The molecule has 0 bridgehead atoms. The van der Waals surface area contributed by atoms with Crippen molar-refractivity contribution in [2.75, 3.05) is 19.6 Å². The molecule has 3 rings (SSSR count). The van der Waals surface area contributed by atoms with Crippen LogP contribution in [0.15, 0.2) is 24.8 Å². The van der Waals surface area contributed by atoms with E-state index in [0.717, 1.165) is 56.5 Å². The molecule has 1 heterocycles. The van der Waals surface area contributed by atoms with Crippen molar-refractivity contribution in [3.05, 3.63) is 24.8 Å². The van der Waals surface area contributed by atoms with Gasteiger partial charge >= 0.3 is 0 Å². The van der Waals surface area contributed by atoms with Crippen LogP contribution in [0.5, 0.6) is 0 Å². The van der Waals surface area contributed by atoms with Crippen molar-refractivity contribution in [1.29, 1.82) is 0 Å². The van der Waals surface area contributed by atoms with Gasteiger partial charge < -0.3 is 20.4 Å². The second kappa shape index (κ2) is 10.9. The van der Waals surface area contributed by atoms with Gasteiger partial charge in [0, 0.05) is 38.1 Å². The van der Waals surface area contributed by atoms with Crippen LogP contribution in [0, 0.1) is 5.92 Å². The smallest absolute Gasteiger partial charge is 0.222 e. The molecule has 1 aliphatic heterocycles. The summed E-state index contributed by atoms with van der Waals surface area (Å²) >= 11 is 0. The molecule has 1 saturated heterocycles. The number of carbonyl (C=O) groups excluding carboxylic acids is 1. The Morgan fingerprint density at radius 3 is 2.38 bits per heavy atom. The van der Waals surface area contributed by atoms with Gasteiger partial charge in [-0.25, -0.2) is 0 Å². The number of amides is 1. The second-order valence-corrected chi connectivity index (χ2v) is 9.43. The van der Waals surface area contributed by atoms with Gasteiger partial charge in [0.1, 0.15) is 0 Å². The lowest BCUT2D eigenvalue weighted by Crippen LogP contribution is -2.48. The molecular formula is C24H42N4O. The number of rotatable bonds is 10. The molecule has 0 aromatic heterocycles. The minimum atomic E-state index is 0.306. The van der Waals surface area contributed by atoms with Crippen LogP contribution < -0.4 is 10.6 Å². The van der Waals surface area contributed by atoms with Crippen LogP contribution in [-0.4, -0.2) is 47.4 Å². The SMILES string of the molecule is C=C(NCCCN1CCCC1=O)NC(=C)N(C1CCCCC1)C1CCC(C)CC1. The van der Waals surface area contributed by atoms with E-state index in [2.05, 4.69) is 35.6 Å². The molecule has 1 amide bonds. The predicted molar refractivity (Wildman–Crippen MR) is 120 cm³/mol. The van der Waals surface area contributed by atoms with Gasteiger partial charge in [-0.15, -0.1) is 0 Å². The van der Waals surface area contributed by atoms with Gasteiger partial charge in [0.2, 0.25) is 5.91 Å². The summed E-state index contributed by atoms with van der Waals surface area (Å²) in [5.41, 5.74) is 0. The van der Waals surface area contributed by atoms with E-state index in [4.69, 9.17) is 0 Å². The van der Waals surface area contributed by atoms with E-state index < -0.39 is 0 Å². The highest BCUT2D eigenvalue weighted by atomic mass is 16.2. The summed E-state index contributed by atoms with van der Waals surface area (Å²) in [7, 11) is 0. The minimum absolute atomic E-state index is 0.306. The number of carbonyl (C=O) groups is 1. The average Bonchev–Trinajstić information content (AvgIpc) is 3.12. The molecule has 2 N–H and O–H groups in total. The predicted octanol–water partition coefficient (Wildman–Crippen LogP) is 4.33. The number of nitrogens with zero attached hydrogens (tertiary/aromatic N) is 2. The third-order valence-electron chi connectivity index (χ3n) is 7.07. The Hall–Kier alpha value is -1.65. The monoisotopic (exact) mass is 402 g/mol. The van der Waals surface area contributed by atoms with E-state index in [1.165, 1.54) is 57.8 Å². The Balaban J connectivity index is 1.46. The normalized spacial score (nSPS) is 25.7. The number of hydrogen-bond donors (Lipinski definition) is 2. The zero-order chi connectivity index (χ0) is 20.6. The summed E-state index contributed by atoms with van der Waals surface area (Å²) in [4.78, 5) is 16.3. The highest BCUT2D eigenvalue weighted by Crippen LogP contribution is 2.33. The first-order valence-corrected chi connectivity index (χ1v) is 12.0. The summed E-state index contributed by atoms with van der Waals surface area (Å²) in [6, 6.07) is 1.24. The van der Waals surface area contributed by atoms with Gasteiger partial charge in [-0.3, -0.25) is 4.79 Å². The van der Waals surface area contributed by atoms with Crippen molar-refractivity contribution in [3.63, 3.8) is 0 Å². The first-order valence-electron chi connectivity index (χ1n) is 12.0. The maximum atomic E-state index is 11.7. The molecule has 0 aromatic carbocycles. The van der Waals surface area contributed by atoms with Gasteiger partial charge in [-0.05, 0) is 57.3 Å². The lowest BCUT2D eigenvalue weighted by Gasteiger charge is -2.45. The lowest BCUT2D eigenvalue weighted by atomic mass is 9.84. The maximum absolute atomic E-state index is 11.7. The zero-order valence-electron chi connectivity index (χ0n) is 18.6. The molecule has 0 radical (unpaired) electrons. The van der Waals surface area contributed by atoms with E-state index in [-0.39, 0.29) is 0 Å². The molecule has 164 valence electrons. The fourth-order valence-electron chi connectivity index (χ4n) is 5.35. The molecule has 2 saturated carbocycles. The zero-order valence-corrected chi connectivity index (χ0v) is 18.6. The third kappa shape index (κ3) is 6.42. The van der Waals surface area contributed by atoms with Gasteiger partial charge in [0.05, 0.1) is 11.6 Å². The van der Waals surface area contributed by atoms with Gasteiger partial charge in [0.15, 0.2) is 0 Å². The van der Waals surface area contributed by atoms with Crippen LogP contribution >= 0.6 is 0 Å². The standard InChI is InChI=1S/C24H42N4O/c1-19-12-14-23(15-13-19)28(22-9-5-4-6-10-22)21(3)26-20(2)25-16-8-18-27-17-7-11-24(27)29/h19,22-23,25-26H,2-18H2,1H3. The van der Waals surface area contributed by atoms with Crippen LogP contribution in [0.4, 0.5) is 0 Å². The lowest BCUT2D eigenvalue weighted by molar-refractivity contribution is -0.127. The Bertz CT molecular complexity index is 561. The van der Waals surface area contributed by atoms with Gasteiger partial charge in [-0.2, -0.15) is 0 Å². The van der Waals surface area contributed by atoms with Crippen molar-refractivity contribution < 1.29 is 4.79 Å². The topological polar surface area (TPSA) is 47.6 Å². The van der Waals surface area contributed by atoms with E-state index in [1.54, 1.807) is 0 Å². The first-order chi connectivity index (χ1) is 14.0. The van der Waals surface area contributed by atoms with Crippen molar-refractivity contribution in [3.8, 4) is 0 Å². The molecule has 2 aliphatic carbocycles. The van der Waals surface area contributed by atoms with Crippen molar-refractivity contribution in [2.24, 2.45) is 5.92 Å². The molecule has 0 aromatic rings. The number of likely N-dealkylation sites (tertiary alicyclic amines) is 1. The molecule has 5 heteroatoms. The van der Waals surface area contributed by atoms with E-state index in [9.17, 15) is 4.79 Å². The highest BCUT2D eigenvalue weighted by Gasteiger charge is 2.31. The van der Waals surface area contributed by atoms with Crippen molar-refractivity contribution in [2.45, 2.75) is 96.1 Å². The van der Waals surface area contributed by atoms with E-state index >= 15 is 0 Å². The van der Waals surface area contributed by atoms with Crippen LogP contribution in [0.1, 0.15) is 84.0 Å². The van der Waals surface area contributed by atoms with Gasteiger partial charge in [-0.1, -0.05) is 39.3 Å². The van der Waals surface area contributed by atoms with Gasteiger partial charge in [0.25, 0.3) is 0 Å². The average molecular weight is 403 g/mol. The minimum Gasteiger partial charge on any atom is -0.372 e.